The van der Waals surface area contributed by atoms with Crippen molar-refractivity contribution in [1.82, 2.24) is 10.3 Å². The van der Waals surface area contributed by atoms with Gasteiger partial charge >= 0.3 is 0 Å². The van der Waals surface area contributed by atoms with Crippen molar-refractivity contribution in [2.75, 3.05) is 0 Å². The Morgan fingerprint density at radius 2 is 2.05 bits per heavy atom. The summed E-state index contributed by atoms with van der Waals surface area (Å²) in [6.07, 6.45) is 0.251. The Labute approximate surface area is 121 Å². The van der Waals surface area contributed by atoms with Crippen molar-refractivity contribution in [3.63, 3.8) is 0 Å². The maximum absolute atomic E-state index is 12.8. The number of hydrogen-bond acceptors (Lipinski definition) is 3. The Morgan fingerprint density at radius 3 is 2.65 bits per heavy atom. The second-order valence-electron chi connectivity index (χ2n) is 4.91. The molecule has 0 aliphatic heterocycles. The lowest BCUT2D eigenvalue weighted by molar-refractivity contribution is -0.120. The number of nitrogens with one attached hydrogen (secondary N) is 1. The molecule has 1 N–H and O–H groups in total. The van der Waals surface area contributed by atoms with Crippen molar-refractivity contribution in [2.45, 2.75) is 32.7 Å². The quantitative estimate of drug-likeness (QED) is 0.919. The number of amides is 1. The Hall–Kier alpha value is -1.75. The summed E-state index contributed by atoms with van der Waals surface area (Å²) in [4.78, 5) is 16.2. The van der Waals surface area contributed by atoms with Gasteiger partial charge in [-0.2, -0.15) is 0 Å². The summed E-state index contributed by atoms with van der Waals surface area (Å²) in [6.45, 7) is 4.62. The third-order valence-corrected chi connectivity index (χ3v) is 4.00. The van der Waals surface area contributed by atoms with Crippen LogP contribution in [0.4, 0.5) is 4.39 Å². The van der Waals surface area contributed by atoms with Crippen LogP contribution in [0, 0.1) is 5.82 Å². The van der Waals surface area contributed by atoms with Gasteiger partial charge in [-0.15, -0.1) is 11.3 Å². The first-order valence-corrected chi connectivity index (χ1v) is 7.38. The number of halogens is 1. The normalized spacial score (nSPS) is 10.8. The summed E-state index contributed by atoms with van der Waals surface area (Å²) in [6, 6.07) is 5.96. The van der Waals surface area contributed by atoms with Crippen LogP contribution in [0.5, 0.6) is 0 Å². The van der Waals surface area contributed by atoms with Gasteiger partial charge in [0.15, 0.2) is 0 Å². The van der Waals surface area contributed by atoms with Crippen molar-refractivity contribution < 1.29 is 9.18 Å². The molecule has 1 amide bonds. The number of carbonyl (C=O) groups excluding carboxylic acids is 1. The Morgan fingerprint density at radius 1 is 1.35 bits per heavy atom. The molecular weight excluding hydrogens is 275 g/mol. The molecule has 20 heavy (non-hydrogen) atoms. The number of benzene rings is 1. The molecule has 0 aliphatic carbocycles. The summed E-state index contributed by atoms with van der Waals surface area (Å²) >= 11 is 1.61. The van der Waals surface area contributed by atoms with Gasteiger partial charge in [0.2, 0.25) is 5.91 Å². The second-order valence-corrected chi connectivity index (χ2v) is 5.80. The Kier molecular flexibility index (Phi) is 4.84. The third kappa shape index (κ3) is 4.13. The molecular formula is C15H17FN2OS. The highest BCUT2D eigenvalue weighted by atomic mass is 32.1. The number of aromatic nitrogens is 1. The highest BCUT2D eigenvalue weighted by molar-refractivity contribution is 7.09. The van der Waals surface area contributed by atoms with Crippen LogP contribution in [-0.2, 0) is 17.8 Å². The van der Waals surface area contributed by atoms with Gasteiger partial charge in [-0.1, -0.05) is 26.0 Å². The molecule has 0 saturated heterocycles. The average molecular weight is 292 g/mol. The van der Waals surface area contributed by atoms with Crippen molar-refractivity contribution in [3.05, 3.63) is 51.7 Å². The van der Waals surface area contributed by atoms with E-state index in [0.717, 1.165) is 16.3 Å². The molecule has 0 unspecified atom stereocenters. The minimum Gasteiger partial charge on any atom is -0.350 e. The van der Waals surface area contributed by atoms with Gasteiger partial charge in [-0.05, 0) is 17.7 Å². The molecule has 0 atom stereocenters. The molecule has 0 radical (unpaired) electrons. The molecule has 3 nitrogen and oxygen atoms in total. The summed E-state index contributed by atoms with van der Waals surface area (Å²) in [5, 5.41) is 5.87. The lowest BCUT2D eigenvalue weighted by Gasteiger charge is -2.04. The van der Waals surface area contributed by atoms with E-state index in [4.69, 9.17) is 0 Å². The maximum atomic E-state index is 12.8. The predicted octanol–water partition coefficient (Wildman–Crippen LogP) is 3.26. The van der Waals surface area contributed by atoms with E-state index < -0.39 is 0 Å². The minimum absolute atomic E-state index is 0.0873. The number of nitrogens with zero attached hydrogens (tertiary/aromatic N) is 1. The Bertz CT molecular complexity index is 578. The summed E-state index contributed by atoms with van der Waals surface area (Å²) in [5.74, 6) is 0.0252. The van der Waals surface area contributed by atoms with Crippen LogP contribution in [0.15, 0.2) is 29.6 Å². The third-order valence-electron chi connectivity index (χ3n) is 2.81. The number of thiazole rings is 1. The van der Waals surface area contributed by atoms with Gasteiger partial charge < -0.3 is 5.32 Å². The van der Waals surface area contributed by atoms with E-state index in [1.165, 1.54) is 12.1 Å². The molecule has 2 rings (SSSR count). The lowest BCUT2D eigenvalue weighted by atomic mass is 10.1. The summed E-state index contributed by atoms with van der Waals surface area (Å²) in [5.41, 5.74) is 1.68. The van der Waals surface area contributed by atoms with Crippen molar-refractivity contribution in [2.24, 2.45) is 0 Å². The maximum Gasteiger partial charge on any atom is 0.224 e. The molecule has 1 heterocycles. The molecule has 0 aliphatic rings. The highest BCUT2D eigenvalue weighted by Gasteiger charge is 2.08. The molecule has 2 aromatic rings. The van der Waals surface area contributed by atoms with Gasteiger partial charge in [0, 0.05) is 11.3 Å². The van der Waals surface area contributed by atoms with E-state index in [-0.39, 0.29) is 18.1 Å². The standard InChI is InChI=1S/C15H17FN2OS/c1-10(2)15-18-13(9-20-15)8-17-14(19)7-11-3-5-12(16)6-4-11/h3-6,9-10H,7-8H2,1-2H3,(H,17,19). The molecule has 1 aromatic carbocycles. The van der Waals surface area contributed by atoms with Gasteiger partial charge in [-0.3, -0.25) is 4.79 Å². The van der Waals surface area contributed by atoms with Gasteiger partial charge in [0.1, 0.15) is 5.82 Å². The van der Waals surface area contributed by atoms with Gasteiger partial charge in [0.25, 0.3) is 0 Å². The monoisotopic (exact) mass is 292 g/mol. The van der Waals surface area contributed by atoms with Crippen molar-refractivity contribution >= 4 is 17.2 Å². The van der Waals surface area contributed by atoms with Crippen LogP contribution >= 0.6 is 11.3 Å². The molecule has 0 spiro atoms. The zero-order valence-corrected chi connectivity index (χ0v) is 12.3. The summed E-state index contributed by atoms with van der Waals surface area (Å²) < 4.78 is 12.8. The summed E-state index contributed by atoms with van der Waals surface area (Å²) in [7, 11) is 0. The van der Waals surface area contributed by atoms with Gasteiger partial charge in [0.05, 0.1) is 23.7 Å². The van der Waals surface area contributed by atoms with Crippen molar-refractivity contribution in [3.8, 4) is 0 Å². The molecule has 106 valence electrons. The first kappa shape index (κ1) is 14.7. The fourth-order valence-electron chi connectivity index (χ4n) is 1.71. The van der Waals surface area contributed by atoms with Crippen LogP contribution in [0.3, 0.4) is 0 Å². The first-order chi connectivity index (χ1) is 9.54. The van der Waals surface area contributed by atoms with Crippen molar-refractivity contribution in [1.29, 1.82) is 0 Å². The van der Waals surface area contributed by atoms with E-state index in [1.54, 1.807) is 23.5 Å². The fourth-order valence-corrected chi connectivity index (χ4v) is 2.54. The van der Waals surface area contributed by atoms with E-state index in [2.05, 4.69) is 24.1 Å². The Balaban J connectivity index is 1.84. The van der Waals surface area contributed by atoms with Crippen LogP contribution in [0.1, 0.15) is 36.0 Å². The molecule has 0 fully saturated rings. The molecule has 0 bridgehead atoms. The van der Waals surface area contributed by atoms with Crippen LogP contribution in [-0.4, -0.2) is 10.9 Å². The van der Waals surface area contributed by atoms with Crippen LogP contribution < -0.4 is 5.32 Å². The topological polar surface area (TPSA) is 42.0 Å². The number of hydrogen-bond donors (Lipinski definition) is 1. The zero-order valence-electron chi connectivity index (χ0n) is 11.5. The van der Waals surface area contributed by atoms with E-state index in [0.29, 0.717) is 12.5 Å². The predicted molar refractivity (Wildman–Crippen MR) is 78.2 cm³/mol. The number of carbonyl (C=O) groups is 1. The van der Waals surface area contributed by atoms with Gasteiger partial charge in [-0.25, -0.2) is 9.37 Å². The van der Waals surface area contributed by atoms with E-state index >= 15 is 0 Å². The average Bonchev–Trinajstić information content (AvgIpc) is 2.88. The zero-order chi connectivity index (χ0) is 14.5. The van der Waals surface area contributed by atoms with Crippen LogP contribution in [0.2, 0.25) is 0 Å². The molecule has 0 saturated carbocycles. The lowest BCUT2D eigenvalue weighted by Crippen LogP contribution is -2.24. The fraction of sp³-hybridized carbons (Fsp3) is 0.333. The second kappa shape index (κ2) is 6.61. The number of rotatable bonds is 5. The highest BCUT2D eigenvalue weighted by Crippen LogP contribution is 2.18. The minimum atomic E-state index is -0.294. The molecule has 1 aromatic heterocycles. The smallest absolute Gasteiger partial charge is 0.224 e. The van der Waals surface area contributed by atoms with E-state index in [9.17, 15) is 9.18 Å². The molecule has 5 heteroatoms. The van der Waals surface area contributed by atoms with E-state index in [1.807, 2.05) is 5.38 Å². The largest absolute Gasteiger partial charge is 0.350 e. The first-order valence-electron chi connectivity index (χ1n) is 6.50. The van der Waals surface area contributed by atoms with Crippen LogP contribution in [0.25, 0.3) is 0 Å². The SMILES string of the molecule is CC(C)c1nc(CNC(=O)Cc2ccc(F)cc2)cs1.